The maximum atomic E-state index is 12.1. The van der Waals surface area contributed by atoms with Crippen LogP contribution in [0.15, 0.2) is 24.4 Å². The van der Waals surface area contributed by atoms with E-state index in [9.17, 15) is 8.42 Å². The molecule has 0 amide bonds. The molecule has 0 spiro atoms. The molecule has 1 atom stereocenters. The quantitative estimate of drug-likeness (QED) is 0.892. The molecule has 0 unspecified atom stereocenters. The monoisotopic (exact) mass is 269 g/mol. The lowest BCUT2D eigenvalue weighted by Crippen LogP contribution is -2.45. The van der Waals surface area contributed by atoms with E-state index in [2.05, 4.69) is 16.6 Å². The maximum Gasteiger partial charge on any atom is 0.279 e. The Hall–Kier alpha value is -0.980. The predicted octanol–water partition coefficient (Wildman–Crippen LogP) is 1.15. The summed E-state index contributed by atoms with van der Waals surface area (Å²) < 4.78 is 28.3. The van der Waals surface area contributed by atoms with E-state index in [1.165, 1.54) is 4.31 Å². The summed E-state index contributed by atoms with van der Waals surface area (Å²) in [6.45, 7) is 3.55. The summed E-state index contributed by atoms with van der Waals surface area (Å²) in [5.74, 6) is 0.435. The number of rotatable bonds is 4. The van der Waals surface area contributed by atoms with Crippen molar-refractivity contribution in [3.63, 3.8) is 0 Å². The molecular formula is C12H19N3O2S. The van der Waals surface area contributed by atoms with E-state index < -0.39 is 10.2 Å². The number of nitrogens with zero attached hydrogens (tertiary/aromatic N) is 2. The molecule has 0 aliphatic carbocycles. The van der Waals surface area contributed by atoms with Crippen molar-refractivity contribution < 1.29 is 8.42 Å². The fraction of sp³-hybridized carbons (Fsp3) is 0.583. The van der Waals surface area contributed by atoms with Gasteiger partial charge >= 0.3 is 0 Å². The summed E-state index contributed by atoms with van der Waals surface area (Å²) >= 11 is 0. The van der Waals surface area contributed by atoms with Crippen molar-refractivity contribution in [2.24, 2.45) is 5.92 Å². The minimum atomic E-state index is -3.37. The molecule has 2 heterocycles. The van der Waals surface area contributed by atoms with E-state index in [1.807, 2.05) is 12.1 Å². The maximum absolute atomic E-state index is 12.1. The Balaban J connectivity index is 1.95. The van der Waals surface area contributed by atoms with Crippen LogP contribution in [-0.2, 0) is 16.8 Å². The highest BCUT2D eigenvalue weighted by atomic mass is 32.2. The van der Waals surface area contributed by atoms with Gasteiger partial charge in [-0.15, -0.1) is 0 Å². The third kappa shape index (κ3) is 3.51. The zero-order valence-electron chi connectivity index (χ0n) is 10.5. The standard InChI is InChI=1S/C12H19N3O2S/c1-11-5-4-8-15(10-11)18(16,17)14-9-12-6-2-3-7-13-12/h2-3,6-7,11,14H,4-5,8-10H2,1H3/t11-/m0/s1. The van der Waals surface area contributed by atoms with Gasteiger partial charge in [-0.3, -0.25) is 4.98 Å². The van der Waals surface area contributed by atoms with E-state index in [1.54, 1.807) is 12.3 Å². The highest BCUT2D eigenvalue weighted by Crippen LogP contribution is 2.17. The van der Waals surface area contributed by atoms with Crippen molar-refractivity contribution in [3.05, 3.63) is 30.1 Å². The molecule has 1 N–H and O–H groups in total. The van der Waals surface area contributed by atoms with E-state index in [0.29, 0.717) is 19.0 Å². The average Bonchev–Trinajstić information content (AvgIpc) is 2.38. The molecule has 2 rings (SSSR count). The van der Waals surface area contributed by atoms with Crippen molar-refractivity contribution in [2.45, 2.75) is 26.3 Å². The van der Waals surface area contributed by atoms with Gasteiger partial charge in [-0.1, -0.05) is 13.0 Å². The lowest BCUT2D eigenvalue weighted by atomic mass is 10.0. The van der Waals surface area contributed by atoms with Crippen LogP contribution in [0, 0.1) is 5.92 Å². The van der Waals surface area contributed by atoms with Gasteiger partial charge in [0, 0.05) is 19.3 Å². The molecule has 100 valence electrons. The molecule has 1 aliphatic rings. The van der Waals surface area contributed by atoms with Crippen LogP contribution in [0.5, 0.6) is 0 Å². The lowest BCUT2D eigenvalue weighted by Gasteiger charge is -2.29. The zero-order chi connectivity index (χ0) is 13.0. The molecule has 1 fully saturated rings. The van der Waals surface area contributed by atoms with E-state index in [4.69, 9.17) is 0 Å². The first-order chi connectivity index (χ1) is 8.58. The summed E-state index contributed by atoms with van der Waals surface area (Å²) in [5.41, 5.74) is 0.728. The van der Waals surface area contributed by atoms with Crippen molar-refractivity contribution >= 4 is 10.2 Å². The summed E-state index contributed by atoms with van der Waals surface area (Å²) in [6.07, 6.45) is 3.70. The predicted molar refractivity (Wildman–Crippen MR) is 70.0 cm³/mol. The Morgan fingerprint density at radius 3 is 3.00 bits per heavy atom. The van der Waals surface area contributed by atoms with E-state index in [-0.39, 0.29) is 6.54 Å². The van der Waals surface area contributed by atoms with E-state index in [0.717, 1.165) is 18.5 Å². The number of hydrogen-bond donors (Lipinski definition) is 1. The van der Waals surface area contributed by atoms with E-state index >= 15 is 0 Å². The third-order valence-electron chi connectivity index (χ3n) is 3.12. The van der Waals surface area contributed by atoms with Gasteiger partial charge in [0.2, 0.25) is 0 Å². The summed E-state index contributed by atoms with van der Waals surface area (Å²) in [7, 11) is -3.37. The summed E-state index contributed by atoms with van der Waals surface area (Å²) in [5, 5.41) is 0. The summed E-state index contributed by atoms with van der Waals surface area (Å²) in [6, 6.07) is 5.46. The Kier molecular flexibility index (Phi) is 4.31. The second-order valence-electron chi connectivity index (χ2n) is 4.75. The van der Waals surface area contributed by atoms with Gasteiger partial charge < -0.3 is 0 Å². The molecule has 0 bridgehead atoms. The Labute approximate surface area is 108 Å². The third-order valence-corrected chi connectivity index (χ3v) is 4.64. The molecule has 1 saturated heterocycles. The van der Waals surface area contributed by atoms with Crippen LogP contribution >= 0.6 is 0 Å². The molecule has 1 aromatic rings. The molecule has 6 heteroatoms. The average molecular weight is 269 g/mol. The first-order valence-electron chi connectivity index (χ1n) is 6.22. The second-order valence-corrected chi connectivity index (χ2v) is 6.51. The van der Waals surface area contributed by atoms with Crippen LogP contribution < -0.4 is 4.72 Å². The lowest BCUT2D eigenvalue weighted by molar-refractivity contribution is 0.278. The van der Waals surface area contributed by atoms with Crippen LogP contribution in [-0.4, -0.2) is 30.8 Å². The Morgan fingerprint density at radius 1 is 1.50 bits per heavy atom. The van der Waals surface area contributed by atoms with Gasteiger partial charge in [-0.25, -0.2) is 0 Å². The van der Waals surface area contributed by atoms with Crippen LogP contribution in [0.2, 0.25) is 0 Å². The molecule has 0 aromatic carbocycles. The minimum Gasteiger partial charge on any atom is -0.260 e. The van der Waals surface area contributed by atoms with Crippen molar-refractivity contribution in [3.8, 4) is 0 Å². The topological polar surface area (TPSA) is 62.3 Å². The smallest absolute Gasteiger partial charge is 0.260 e. The first kappa shape index (κ1) is 13.5. The SMILES string of the molecule is C[C@H]1CCCN(S(=O)(=O)NCc2ccccn2)C1. The number of hydrogen-bond acceptors (Lipinski definition) is 3. The largest absolute Gasteiger partial charge is 0.279 e. The van der Waals surface area contributed by atoms with Crippen LogP contribution in [0.4, 0.5) is 0 Å². The van der Waals surface area contributed by atoms with Gasteiger partial charge in [-0.2, -0.15) is 17.4 Å². The molecule has 1 aliphatic heterocycles. The first-order valence-corrected chi connectivity index (χ1v) is 7.66. The number of piperidine rings is 1. The van der Waals surface area contributed by atoms with Crippen molar-refractivity contribution in [1.29, 1.82) is 0 Å². The zero-order valence-corrected chi connectivity index (χ0v) is 11.4. The van der Waals surface area contributed by atoms with Crippen molar-refractivity contribution in [2.75, 3.05) is 13.1 Å². The number of aromatic nitrogens is 1. The van der Waals surface area contributed by atoms with Crippen LogP contribution in [0.1, 0.15) is 25.5 Å². The van der Waals surface area contributed by atoms with Crippen molar-refractivity contribution in [1.82, 2.24) is 14.0 Å². The van der Waals surface area contributed by atoms with Gasteiger partial charge in [0.15, 0.2) is 0 Å². The van der Waals surface area contributed by atoms with Gasteiger partial charge in [0.05, 0.1) is 12.2 Å². The molecule has 0 radical (unpaired) electrons. The Bertz CT molecular complexity index is 475. The normalized spacial score (nSPS) is 21.9. The summed E-state index contributed by atoms with van der Waals surface area (Å²) in [4.78, 5) is 4.10. The van der Waals surface area contributed by atoms with Crippen LogP contribution in [0.3, 0.4) is 0 Å². The van der Waals surface area contributed by atoms with Gasteiger partial charge in [-0.05, 0) is 30.9 Å². The number of pyridine rings is 1. The molecule has 1 aromatic heterocycles. The molecule has 18 heavy (non-hydrogen) atoms. The Morgan fingerprint density at radius 2 is 2.33 bits per heavy atom. The van der Waals surface area contributed by atoms with Gasteiger partial charge in [0.25, 0.3) is 10.2 Å². The minimum absolute atomic E-state index is 0.244. The fourth-order valence-electron chi connectivity index (χ4n) is 2.12. The fourth-order valence-corrected chi connectivity index (χ4v) is 3.46. The molecule has 5 nitrogen and oxygen atoms in total. The second kappa shape index (κ2) is 5.77. The molecular weight excluding hydrogens is 250 g/mol. The molecule has 0 saturated carbocycles. The van der Waals surface area contributed by atoms with Crippen LogP contribution in [0.25, 0.3) is 0 Å². The number of nitrogens with one attached hydrogen (secondary N) is 1. The highest BCUT2D eigenvalue weighted by molar-refractivity contribution is 7.87. The highest BCUT2D eigenvalue weighted by Gasteiger charge is 2.26. The van der Waals surface area contributed by atoms with Gasteiger partial charge in [0.1, 0.15) is 0 Å².